The van der Waals surface area contributed by atoms with Gasteiger partial charge in [-0.1, -0.05) is 57.2 Å². The minimum atomic E-state index is -1.04. The van der Waals surface area contributed by atoms with Gasteiger partial charge in [0.15, 0.2) is 5.78 Å². The summed E-state index contributed by atoms with van der Waals surface area (Å²) < 4.78 is 5.10. The van der Waals surface area contributed by atoms with Gasteiger partial charge in [0.25, 0.3) is 0 Å². The monoisotopic (exact) mass is 369 g/mol. The lowest BCUT2D eigenvalue weighted by Gasteiger charge is -2.19. The number of ether oxygens (including phenoxy) is 1. The van der Waals surface area contributed by atoms with Gasteiger partial charge in [0, 0.05) is 18.5 Å². The second-order valence-corrected chi connectivity index (χ2v) is 7.57. The third-order valence-corrected chi connectivity index (χ3v) is 4.47. The van der Waals surface area contributed by atoms with Crippen molar-refractivity contribution in [3.05, 3.63) is 65.2 Å². The van der Waals surface area contributed by atoms with Gasteiger partial charge in [-0.3, -0.25) is 14.9 Å². The fourth-order valence-electron chi connectivity index (χ4n) is 2.69. The van der Waals surface area contributed by atoms with E-state index >= 15 is 0 Å². The van der Waals surface area contributed by atoms with Crippen LogP contribution < -0.4 is 10.1 Å². The zero-order valence-electron chi connectivity index (χ0n) is 16.3. The van der Waals surface area contributed by atoms with E-state index in [4.69, 9.17) is 4.74 Å². The Kier molecular flexibility index (Phi) is 6.75. The molecule has 0 amide bonds. The minimum Gasteiger partial charge on any atom is -0.497 e. The lowest BCUT2D eigenvalue weighted by Crippen LogP contribution is -2.38. The van der Waals surface area contributed by atoms with E-state index in [9.17, 15) is 14.7 Å². The van der Waals surface area contributed by atoms with Crippen LogP contribution in [0, 0.1) is 0 Å². The van der Waals surface area contributed by atoms with Crippen LogP contribution >= 0.6 is 0 Å². The molecule has 0 heterocycles. The van der Waals surface area contributed by atoms with E-state index in [2.05, 4.69) is 26.1 Å². The van der Waals surface area contributed by atoms with E-state index in [0.717, 1.165) is 16.9 Å². The third-order valence-electron chi connectivity index (χ3n) is 4.47. The molecule has 0 saturated carbocycles. The van der Waals surface area contributed by atoms with Crippen molar-refractivity contribution in [2.75, 3.05) is 7.11 Å². The number of carboxylic acid groups (broad SMARTS) is 1. The van der Waals surface area contributed by atoms with Gasteiger partial charge in [-0.05, 0) is 28.7 Å². The highest BCUT2D eigenvalue weighted by molar-refractivity contribution is 5.98. The molecule has 0 fully saturated rings. The number of hydrogen-bond donors (Lipinski definition) is 2. The van der Waals surface area contributed by atoms with Crippen molar-refractivity contribution in [3.63, 3.8) is 0 Å². The lowest BCUT2D eigenvalue weighted by atomic mass is 9.86. The summed E-state index contributed by atoms with van der Waals surface area (Å²) in [5, 5.41) is 12.4. The number of carboxylic acids is 1. The molecule has 0 bridgehead atoms. The first-order chi connectivity index (χ1) is 12.7. The summed E-state index contributed by atoms with van der Waals surface area (Å²) in [6, 6.07) is 13.8. The average Bonchev–Trinajstić information content (AvgIpc) is 2.64. The Balaban J connectivity index is 2.00. The largest absolute Gasteiger partial charge is 0.497 e. The smallest absolute Gasteiger partial charge is 0.321 e. The van der Waals surface area contributed by atoms with Gasteiger partial charge < -0.3 is 9.84 Å². The maximum atomic E-state index is 12.5. The van der Waals surface area contributed by atoms with E-state index in [1.54, 1.807) is 19.2 Å². The molecule has 2 N–H and O–H groups in total. The number of hydrogen-bond acceptors (Lipinski definition) is 4. The minimum absolute atomic E-state index is 0.00506. The molecule has 2 aromatic carbocycles. The molecule has 144 valence electrons. The average molecular weight is 369 g/mol. The molecule has 2 rings (SSSR count). The fraction of sp³-hybridized carbons (Fsp3) is 0.364. The van der Waals surface area contributed by atoms with E-state index in [0.29, 0.717) is 12.1 Å². The Morgan fingerprint density at radius 2 is 1.63 bits per heavy atom. The van der Waals surface area contributed by atoms with Gasteiger partial charge in [0.05, 0.1) is 7.11 Å². The molecule has 0 spiro atoms. The molecule has 1 atom stereocenters. The number of Topliss-reactive ketones (excluding diaryl/α,β-unsaturated/α-hetero) is 1. The van der Waals surface area contributed by atoms with Gasteiger partial charge in [-0.15, -0.1) is 0 Å². The summed E-state index contributed by atoms with van der Waals surface area (Å²) >= 11 is 0. The summed E-state index contributed by atoms with van der Waals surface area (Å²) in [6.07, 6.45) is -0.0969. The number of carbonyl (C=O) groups excluding carboxylic acids is 1. The van der Waals surface area contributed by atoms with Gasteiger partial charge in [-0.25, -0.2) is 0 Å². The maximum absolute atomic E-state index is 12.5. The Morgan fingerprint density at radius 3 is 2.11 bits per heavy atom. The summed E-state index contributed by atoms with van der Waals surface area (Å²) in [4.78, 5) is 24.0. The van der Waals surface area contributed by atoms with Gasteiger partial charge in [-0.2, -0.15) is 0 Å². The predicted octanol–water partition coefficient (Wildman–Crippen LogP) is 3.81. The molecule has 5 heteroatoms. The Morgan fingerprint density at radius 1 is 1.04 bits per heavy atom. The SMILES string of the molecule is COc1ccc(CN[C@@H](CC(=O)c2ccc(C(C)(C)C)cc2)C(=O)O)cc1. The second-order valence-electron chi connectivity index (χ2n) is 7.57. The normalized spacial score (nSPS) is 12.4. The van der Waals surface area contributed by atoms with Crippen molar-refractivity contribution < 1.29 is 19.4 Å². The van der Waals surface area contributed by atoms with E-state index < -0.39 is 12.0 Å². The van der Waals surface area contributed by atoms with Crippen LogP contribution in [0.15, 0.2) is 48.5 Å². The van der Waals surface area contributed by atoms with Gasteiger partial charge in [0.1, 0.15) is 11.8 Å². The molecule has 0 aliphatic rings. The molecule has 0 aliphatic carbocycles. The molecule has 2 aromatic rings. The van der Waals surface area contributed by atoms with Crippen LogP contribution in [0.3, 0.4) is 0 Å². The highest BCUT2D eigenvalue weighted by atomic mass is 16.5. The topological polar surface area (TPSA) is 75.6 Å². The zero-order valence-corrected chi connectivity index (χ0v) is 16.3. The number of benzene rings is 2. The quantitative estimate of drug-likeness (QED) is 0.692. The van der Waals surface area contributed by atoms with Crippen molar-refractivity contribution >= 4 is 11.8 Å². The molecule has 0 aliphatic heterocycles. The standard InChI is InChI=1S/C22H27NO4/c1-22(2,3)17-9-7-16(8-10-17)20(24)13-19(21(25)26)23-14-15-5-11-18(27-4)12-6-15/h5-12,19,23H,13-14H2,1-4H3,(H,25,26)/t19-/m0/s1. The number of nitrogens with one attached hydrogen (secondary N) is 1. The first-order valence-electron chi connectivity index (χ1n) is 8.93. The molecule has 27 heavy (non-hydrogen) atoms. The van der Waals surface area contributed by atoms with E-state index in [1.807, 2.05) is 36.4 Å². The molecule has 0 aromatic heterocycles. The van der Waals surface area contributed by atoms with E-state index in [-0.39, 0.29) is 17.6 Å². The Labute approximate surface area is 160 Å². The number of methoxy groups -OCH3 is 1. The summed E-state index contributed by atoms with van der Waals surface area (Å²) in [5.74, 6) is -0.490. The zero-order chi connectivity index (χ0) is 20.0. The number of rotatable bonds is 8. The third kappa shape index (κ3) is 5.93. The molecular weight excluding hydrogens is 342 g/mol. The van der Waals surface area contributed by atoms with Crippen LogP contribution in [0.2, 0.25) is 0 Å². The fourth-order valence-corrected chi connectivity index (χ4v) is 2.69. The first-order valence-corrected chi connectivity index (χ1v) is 8.93. The van der Waals surface area contributed by atoms with E-state index in [1.165, 1.54) is 0 Å². The van der Waals surface area contributed by atoms with Crippen LogP contribution in [0.25, 0.3) is 0 Å². The van der Waals surface area contributed by atoms with Crippen molar-refractivity contribution in [2.24, 2.45) is 0 Å². The second kappa shape index (κ2) is 8.82. The Bertz CT molecular complexity index is 773. The van der Waals surface area contributed by atoms with Crippen LogP contribution in [-0.4, -0.2) is 30.0 Å². The van der Waals surface area contributed by atoms with Crippen molar-refractivity contribution in [1.29, 1.82) is 0 Å². The van der Waals surface area contributed by atoms with Crippen molar-refractivity contribution in [2.45, 2.75) is 45.2 Å². The summed E-state index contributed by atoms with van der Waals surface area (Å²) in [5.41, 5.74) is 2.58. The van der Waals surface area contributed by atoms with Crippen molar-refractivity contribution in [1.82, 2.24) is 5.32 Å². The van der Waals surface area contributed by atoms with Gasteiger partial charge in [0.2, 0.25) is 0 Å². The predicted molar refractivity (Wildman–Crippen MR) is 105 cm³/mol. The highest BCUT2D eigenvalue weighted by Gasteiger charge is 2.22. The van der Waals surface area contributed by atoms with Crippen LogP contribution in [-0.2, 0) is 16.8 Å². The molecule has 5 nitrogen and oxygen atoms in total. The molecule has 0 saturated heterocycles. The molecule has 0 unspecified atom stereocenters. The number of ketones is 1. The summed E-state index contributed by atoms with van der Waals surface area (Å²) in [6.45, 7) is 6.67. The van der Waals surface area contributed by atoms with Gasteiger partial charge >= 0.3 is 5.97 Å². The number of carbonyl (C=O) groups is 2. The lowest BCUT2D eigenvalue weighted by molar-refractivity contribution is -0.139. The maximum Gasteiger partial charge on any atom is 0.321 e. The first kappa shape index (κ1) is 20.6. The van der Waals surface area contributed by atoms with Crippen molar-refractivity contribution in [3.8, 4) is 5.75 Å². The number of aliphatic carboxylic acids is 1. The molecular formula is C22H27NO4. The van der Waals surface area contributed by atoms with Crippen LogP contribution in [0.1, 0.15) is 48.7 Å². The summed E-state index contributed by atoms with van der Waals surface area (Å²) in [7, 11) is 1.59. The van der Waals surface area contributed by atoms with Crippen LogP contribution in [0.5, 0.6) is 5.75 Å². The van der Waals surface area contributed by atoms with Crippen LogP contribution in [0.4, 0.5) is 0 Å². The highest BCUT2D eigenvalue weighted by Crippen LogP contribution is 2.22. The Hall–Kier alpha value is -2.66. The molecule has 0 radical (unpaired) electrons.